The van der Waals surface area contributed by atoms with Gasteiger partial charge in [-0.3, -0.25) is 0 Å². The predicted octanol–water partition coefficient (Wildman–Crippen LogP) is 5.23. The number of hydrogen-bond donors (Lipinski definition) is 1. The predicted molar refractivity (Wildman–Crippen MR) is 95.3 cm³/mol. The van der Waals surface area contributed by atoms with Crippen LogP contribution in [0.2, 0.25) is 5.02 Å². The van der Waals surface area contributed by atoms with Crippen molar-refractivity contribution in [2.45, 2.75) is 25.8 Å². The van der Waals surface area contributed by atoms with Crippen LogP contribution in [0.1, 0.15) is 30.5 Å². The van der Waals surface area contributed by atoms with Crippen LogP contribution in [0, 0.1) is 3.57 Å². The van der Waals surface area contributed by atoms with E-state index in [0.29, 0.717) is 6.04 Å². The van der Waals surface area contributed by atoms with E-state index in [1.165, 1.54) is 14.7 Å². The van der Waals surface area contributed by atoms with Crippen molar-refractivity contribution >= 4 is 34.2 Å². The van der Waals surface area contributed by atoms with Gasteiger partial charge in [-0.25, -0.2) is 0 Å². The Balaban J connectivity index is 2.16. The monoisotopic (exact) mass is 399 g/mol. The van der Waals surface area contributed by atoms with Crippen LogP contribution in [0.3, 0.4) is 0 Å². The first-order valence-corrected chi connectivity index (χ1v) is 8.38. The maximum absolute atomic E-state index is 6.12. The minimum Gasteiger partial charge on any atom is -0.310 e. The number of rotatable bonds is 6. The molecule has 0 radical (unpaired) electrons. The van der Waals surface area contributed by atoms with E-state index in [0.717, 1.165) is 24.4 Å². The first-order chi connectivity index (χ1) is 9.69. The lowest BCUT2D eigenvalue weighted by Gasteiger charge is -2.19. The van der Waals surface area contributed by atoms with Gasteiger partial charge in [-0.1, -0.05) is 42.8 Å². The topological polar surface area (TPSA) is 12.0 Å². The highest BCUT2D eigenvalue weighted by atomic mass is 127. The normalized spacial score (nSPS) is 12.3. The van der Waals surface area contributed by atoms with Crippen molar-refractivity contribution in [1.29, 1.82) is 0 Å². The number of benzene rings is 2. The second-order valence-corrected chi connectivity index (χ2v) is 6.57. The van der Waals surface area contributed by atoms with Gasteiger partial charge < -0.3 is 5.32 Å². The van der Waals surface area contributed by atoms with Gasteiger partial charge in [0, 0.05) is 14.6 Å². The van der Waals surface area contributed by atoms with Gasteiger partial charge in [0.15, 0.2) is 0 Å². The van der Waals surface area contributed by atoms with E-state index in [1.807, 2.05) is 12.1 Å². The SMILES string of the molecule is CCCNC(Cc1ccc(I)cc1)c1cccc(Cl)c1. The van der Waals surface area contributed by atoms with E-state index in [1.54, 1.807) is 0 Å². The lowest BCUT2D eigenvalue weighted by atomic mass is 9.99. The first-order valence-electron chi connectivity index (χ1n) is 6.92. The van der Waals surface area contributed by atoms with Gasteiger partial charge in [-0.15, -0.1) is 0 Å². The zero-order valence-electron chi connectivity index (χ0n) is 11.6. The maximum atomic E-state index is 6.12. The molecule has 20 heavy (non-hydrogen) atoms. The van der Waals surface area contributed by atoms with Crippen LogP contribution in [0.15, 0.2) is 48.5 Å². The molecule has 1 unspecified atom stereocenters. The summed E-state index contributed by atoms with van der Waals surface area (Å²) in [7, 11) is 0. The maximum Gasteiger partial charge on any atom is 0.0409 e. The third-order valence-corrected chi connectivity index (χ3v) is 4.20. The Morgan fingerprint density at radius 1 is 1.15 bits per heavy atom. The average Bonchev–Trinajstić information content (AvgIpc) is 2.45. The minimum absolute atomic E-state index is 0.314. The summed E-state index contributed by atoms with van der Waals surface area (Å²) in [6.07, 6.45) is 2.11. The molecule has 0 aliphatic heterocycles. The molecule has 106 valence electrons. The molecular weight excluding hydrogens is 381 g/mol. The summed E-state index contributed by atoms with van der Waals surface area (Å²) >= 11 is 8.45. The van der Waals surface area contributed by atoms with Gasteiger partial charge in [-0.05, 0) is 77.4 Å². The van der Waals surface area contributed by atoms with Crippen molar-refractivity contribution in [3.8, 4) is 0 Å². The van der Waals surface area contributed by atoms with Crippen LogP contribution in [0.5, 0.6) is 0 Å². The van der Waals surface area contributed by atoms with Gasteiger partial charge in [-0.2, -0.15) is 0 Å². The van der Waals surface area contributed by atoms with Crippen molar-refractivity contribution < 1.29 is 0 Å². The summed E-state index contributed by atoms with van der Waals surface area (Å²) < 4.78 is 1.27. The quantitative estimate of drug-likeness (QED) is 0.656. The van der Waals surface area contributed by atoms with Crippen molar-refractivity contribution in [3.05, 3.63) is 68.3 Å². The summed E-state index contributed by atoms with van der Waals surface area (Å²) in [6.45, 7) is 3.20. The Labute approximate surface area is 139 Å². The Hall–Kier alpha value is -0.580. The van der Waals surface area contributed by atoms with E-state index >= 15 is 0 Å². The second kappa shape index (κ2) is 8.01. The highest BCUT2D eigenvalue weighted by Crippen LogP contribution is 2.22. The molecule has 0 spiro atoms. The van der Waals surface area contributed by atoms with Crippen molar-refractivity contribution in [2.24, 2.45) is 0 Å². The lowest BCUT2D eigenvalue weighted by molar-refractivity contribution is 0.529. The molecule has 0 saturated carbocycles. The average molecular weight is 400 g/mol. The van der Waals surface area contributed by atoms with Crippen LogP contribution >= 0.6 is 34.2 Å². The van der Waals surface area contributed by atoms with Crippen molar-refractivity contribution in [3.63, 3.8) is 0 Å². The van der Waals surface area contributed by atoms with E-state index in [-0.39, 0.29) is 0 Å². The molecule has 0 aliphatic rings. The van der Waals surface area contributed by atoms with Gasteiger partial charge in [0.25, 0.3) is 0 Å². The largest absolute Gasteiger partial charge is 0.310 e. The van der Waals surface area contributed by atoms with E-state index in [4.69, 9.17) is 11.6 Å². The second-order valence-electron chi connectivity index (χ2n) is 4.89. The highest BCUT2D eigenvalue weighted by Gasteiger charge is 2.11. The molecule has 2 rings (SSSR count). The summed E-state index contributed by atoms with van der Waals surface area (Å²) in [5.41, 5.74) is 2.60. The highest BCUT2D eigenvalue weighted by molar-refractivity contribution is 14.1. The molecule has 0 aromatic heterocycles. The Kier molecular flexibility index (Phi) is 6.33. The zero-order chi connectivity index (χ0) is 14.4. The van der Waals surface area contributed by atoms with Crippen molar-refractivity contribution in [2.75, 3.05) is 6.54 Å². The molecule has 1 N–H and O–H groups in total. The standard InChI is InChI=1S/C17H19ClIN/c1-2-10-20-17(14-4-3-5-15(18)12-14)11-13-6-8-16(19)9-7-13/h3-9,12,17,20H,2,10-11H2,1H3. The smallest absolute Gasteiger partial charge is 0.0409 e. The summed E-state index contributed by atoms with van der Waals surface area (Å²) in [5, 5.41) is 4.41. The van der Waals surface area contributed by atoms with Crippen LogP contribution in [-0.4, -0.2) is 6.54 Å². The molecule has 1 nitrogen and oxygen atoms in total. The molecule has 2 aromatic carbocycles. The van der Waals surface area contributed by atoms with Crippen LogP contribution in [0.25, 0.3) is 0 Å². The molecule has 0 bridgehead atoms. The third kappa shape index (κ3) is 4.76. The van der Waals surface area contributed by atoms with Crippen molar-refractivity contribution in [1.82, 2.24) is 5.32 Å². The molecule has 0 heterocycles. The summed E-state index contributed by atoms with van der Waals surface area (Å²) in [5.74, 6) is 0. The fourth-order valence-electron chi connectivity index (χ4n) is 2.21. The fourth-order valence-corrected chi connectivity index (χ4v) is 2.76. The van der Waals surface area contributed by atoms with Crippen LogP contribution in [-0.2, 0) is 6.42 Å². The van der Waals surface area contributed by atoms with Crippen LogP contribution in [0.4, 0.5) is 0 Å². The van der Waals surface area contributed by atoms with Gasteiger partial charge in [0.2, 0.25) is 0 Å². The van der Waals surface area contributed by atoms with E-state index in [2.05, 4.69) is 71.2 Å². The summed E-state index contributed by atoms with van der Waals surface area (Å²) in [6, 6.07) is 17.2. The molecule has 0 aliphatic carbocycles. The Bertz CT molecular complexity index is 539. The fraction of sp³-hybridized carbons (Fsp3) is 0.294. The lowest BCUT2D eigenvalue weighted by Crippen LogP contribution is -2.24. The van der Waals surface area contributed by atoms with Crippen LogP contribution < -0.4 is 5.32 Å². The molecule has 0 saturated heterocycles. The number of halogens is 2. The van der Waals surface area contributed by atoms with Gasteiger partial charge >= 0.3 is 0 Å². The minimum atomic E-state index is 0.314. The number of hydrogen-bond acceptors (Lipinski definition) is 1. The molecule has 0 amide bonds. The Morgan fingerprint density at radius 2 is 1.90 bits per heavy atom. The van der Waals surface area contributed by atoms with E-state index < -0.39 is 0 Å². The Morgan fingerprint density at radius 3 is 2.55 bits per heavy atom. The number of nitrogens with one attached hydrogen (secondary N) is 1. The van der Waals surface area contributed by atoms with E-state index in [9.17, 15) is 0 Å². The van der Waals surface area contributed by atoms with Gasteiger partial charge in [0.05, 0.1) is 0 Å². The first kappa shape index (κ1) is 15.8. The summed E-state index contributed by atoms with van der Waals surface area (Å²) in [4.78, 5) is 0. The molecule has 3 heteroatoms. The molecule has 2 aromatic rings. The molecule has 1 atom stereocenters. The molecule has 0 fully saturated rings. The van der Waals surface area contributed by atoms with Gasteiger partial charge in [0.1, 0.15) is 0 Å². The zero-order valence-corrected chi connectivity index (χ0v) is 14.5. The third-order valence-electron chi connectivity index (χ3n) is 3.24. The molecular formula is C17H19ClIN.